The van der Waals surface area contributed by atoms with E-state index in [0.29, 0.717) is 6.61 Å². The van der Waals surface area contributed by atoms with Crippen molar-refractivity contribution < 1.29 is 5.11 Å². The lowest BCUT2D eigenvalue weighted by molar-refractivity contribution is 0.284. The minimum Gasteiger partial charge on any atom is -0.396 e. The van der Waals surface area contributed by atoms with E-state index in [2.05, 4.69) is 31.2 Å². The molecule has 1 nitrogen and oxygen atoms in total. The largest absolute Gasteiger partial charge is 0.396 e. The molecule has 0 aliphatic carbocycles. The smallest absolute Gasteiger partial charge is 0.0431 e. The van der Waals surface area contributed by atoms with Gasteiger partial charge in [-0.05, 0) is 43.2 Å². The van der Waals surface area contributed by atoms with Crippen molar-refractivity contribution in [3.8, 4) is 0 Å². The Morgan fingerprint density at radius 3 is 1.68 bits per heavy atom. The fraction of sp³-hybridized carbons (Fsp3) is 0.667. The number of hydrogen-bond acceptors (Lipinski definition) is 1. The number of rotatable bonds is 11. The van der Waals surface area contributed by atoms with Crippen molar-refractivity contribution in [3.63, 3.8) is 0 Å². The van der Waals surface area contributed by atoms with Crippen LogP contribution in [0.1, 0.15) is 69.4 Å². The highest BCUT2D eigenvalue weighted by Gasteiger charge is 1.96. The van der Waals surface area contributed by atoms with Gasteiger partial charge in [0.2, 0.25) is 0 Å². The van der Waals surface area contributed by atoms with Crippen LogP contribution in [0.5, 0.6) is 0 Å². The lowest BCUT2D eigenvalue weighted by Crippen LogP contribution is -1.90. The zero-order valence-electron chi connectivity index (χ0n) is 12.5. The van der Waals surface area contributed by atoms with E-state index in [1.54, 1.807) is 0 Å². The maximum Gasteiger partial charge on any atom is 0.0431 e. The molecule has 0 aromatic heterocycles. The molecule has 1 aromatic carbocycles. The van der Waals surface area contributed by atoms with Crippen LogP contribution in [0.15, 0.2) is 24.3 Å². The molecule has 0 amide bonds. The highest BCUT2D eigenvalue weighted by molar-refractivity contribution is 5.22. The second-order valence-electron chi connectivity index (χ2n) is 5.51. The molecule has 0 unspecified atom stereocenters. The van der Waals surface area contributed by atoms with Crippen LogP contribution >= 0.6 is 0 Å². The maximum atomic E-state index is 8.76. The summed E-state index contributed by atoms with van der Waals surface area (Å²) in [6.45, 7) is 2.58. The van der Waals surface area contributed by atoms with Gasteiger partial charge in [0.1, 0.15) is 0 Å². The fourth-order valence-corrected chi connectivity index (χ4v) is 2.42. The molecular formula is C18H30O. The summed E-state index contributed by atoms with van der Waals surface area (Å²) in [5.41, 5.74) is 2.88. The van der Waals surface area contributed by atoms with Gasteiger partial charge in [-0.15, -0.1) is 0 Å². The van der Waals surface area contributed by atoms with Crippen LogP contribution in [0, 0.1) is 0 Å². The van der Waals surface area contributed by atoms with Gasteiger partial charge in [0.25, 0.3) is 0 Å². The lowest BCUT2D eigenvalue weighted by atomic mass is 10.0. The van der Waals surface area contributed by atoms with Crippen molar-refractivity contribution in [2.75, 3.05) is 6.61 Å². The Balaban J connectivity index is 2.13. The second-order valence-corrected chi connectivity index (χ2v) is 5.51. The Morgan fingerprint density at radius 1 is 0.684 bits per heavy atom. The molecule has 1 heteroatoms. The summed E-state index contributed by atoms with van der Waals surface area (Å²) in [5, 5.41) is 8.76. The van der Waals surface area contributed by atoms with Gasteiger partial charge >= 0.3 is 0 Å². The summed E-state index contributed by atoms with van der Waals surface area (Å²) < 4.78 is 0. The Labute approximate surface area is 119 Å². The highest BCUT2D eigenvalue weighted by Crippen LogP contribution is 2.12. The van der Waals surface area contributed by atoms with Gasteiger partial charge in [-0.3, -0.25) is 0 Å². The van der Waals surface area contributed by atoms with E-state index >= 15 is 0 Å². The van der Waals surface area contributed by atoms with Crippen molar-refractivity contribution in [3.05, 3.63) is 35.4 Å². The van der Waals surface area contributed by atoms with Crippen LogP contribution < -0.4 is 0 Å². The van der Waals surface area contributed by atoms with Crippen LogP contribution in [0.3, 0.4) is 0 Å². The monoisotopic (exact) mass is 262 g/mol. The van der Waals surface area contributed by atoms with E-state index in [0.717, 1.165) is 19.3 Å². The number of aryl methyl sites for hydroxylation is 2. The molecule has 0 saturated carbocycles. The lowest BCUT2D eigenvalue weighted by Gasteiger charge is -2.04. The third-order valence-corrected chi connectivity index (χ3v) is 3.72. The van der Waals surface area contributed by atoms with Crippen molar-refractivity contribution in [1.82, 2.24) is 0 Å². The third-order valence-electron chi connectivity index (χ3n) is 3.72. The minimum atomic E-state index is 0.316. The van der Waals surface area contributed by atoms with Crippen LogP contribution in [-0.4, -0.2) is 11.7 Å². The maximum absolute atomic E-state index is 8.76. The van der Waals surface area contributed by atoms with Crippen LogP contribution in [0.25, 0.3) is 0 Å². The molecule has 1 aromatic rings. The molecule has 0 radical (unpaired) electrons. The average molecular weight is 262 g/mol. The normalized spacial score (nSPS) is 10.8. The Morgan fingerprint density at radius 2 is 1.16 bits per heavy atom. The molecule has 0 aliphatic rings. The zero-order chi connectivity index (χ0) is 13.8. The van der Waals surface area contributed by atoms with Gasteiger partial charge in [-0.25, -0.2) is 0 Å². The Kier molecular flexibility index (Phi) is 9.44. The van der Waals surface area contributed by atoms with Gasteiger partial charge in [-0.2, -0.15) is 0 Å². The molecular weight excluding hydrogens is 232 g/mol. The fourth-order valence-electron chi connectivity index (χ4n) is 2.42. The van der Waals surface area contributed by atoms with Crippen molar-refractivity contribution in [2.24, 2.45) is 0 Å². The number of aliphatic hydroxyl groups is 1. The van der Waals surface area contributed by atoms with Crippen molar-refractivity contribution in [1.29, 1.82) is 0 Å². The van der Waals surface area contributed by atoms with Gasteiger partial charge in [-0.1, -0.05) is 63.3 Å². The number of unbranched alkanes of at least 4 members (excludes halogenated alkanes) is 6. The van der Waals surface area contributed by atoms with E-state index in [9.17, 15) is 0 Å². The quantitative estimate of drug-likeness (QED) is 0.562. The molecule has 1 N–H and O–H groups in total. The number of benzene rings is 1. The van der Waals surface area contributed by atoms with Crippen molar-refractivity contribution >= 4 is 0 Å². The average Bonchev–Trinajstić information content (AvgIpc) is 2.44. The summed E-state index contributed by atoms with van der Waals surface area (Å²) in [6.07, 6.45) is 12.5. The second kappa shape index (κ2) is 11.0. The number of aliphatic hydroxyl groups excluding tert-OH is 1. The molecule has 0 fully saturated rings. The van der Waals surface area contributed by atoms with E-state index < -0.39 is 0 Å². The standard InChI is InChI=1S/C18H30O/c1-2-3-4-5-6-7-10-17-12-14-18(15-13-17)11-8-9-16-19/h12-15,19H,2-11,16H2,1H3. The molecule has 0 saturated heterocycles. The van der Waals surface area contributed by atoms with Crippen LogP contribution in [-0.2, 0) is 12.8 Å². The molecule has 0 atom stereocenters. The minimum absolute atomic E-state index is 0.316. The molecule has 0 heterocycles. The van der Waals surface area contributed by atoms with Crippen molar-refractivity contribution in [2.45, 2.75) is 71.1 Å². The summed E-state index contributed by atoms with van der Waals surface area (Å²) in [5.74, 6) is 0. The first kappa shape index (κ1) is 16.2. The van der Waals surface area contributed by atoms with Crippen LogP contribution in [0.4, 0.5) is 0 Å². The number of hydrogen-bond donors (Lipinski definition) is 1. The van der Waals surface area contributed by atoms with Gasteiger partial charge in [0.05, 0.1) is 0 Å². The molecule has 0 bridgehead atoms. The summed E-state index contributed by atoms with van der Waals surface area (Å²) in [4.78, 5) is 0. The van der Waals surface area contributed by atoms with E-state index in [4.69, 9.17) is 5.11 Å². The van der Waals surface area contributed by atoms with Gasteiger partial charge in [0.15, 0.2) is 0 Å². The summed E-state index contributed by atoms with van der Waals surface area (Å²) >= 11 is 0. The van der Waals surface area contributed by atoms with E-state index in [1.165, 1.54) is 56.1 Å². The molecule has 108 valence electrons. The van der Waals surface area contributed by atoms with E-state index in [1.807, 2.05) is 0 Å². The van der Waals surface area contributed by atoms with Crippen LogP contribution in [0.2, 0.25) is 0 Å². The molecule has 0 spiro atoms. The topological polar surface area (TPSA) is 20.2 Å². The zero-order valence-corrected chi connectivity index (χ0v) is 12.5. The molecule has 1 rings (SSSR count). The Bertz CT molecular complexity index is 302. The summed E-state index contributed by atoms with van der Waals surface area (Å²) in [7, 11) is 0. The first-order chi connectivity index (χ1) is 9.36. The molecule has 19 heavy (non-hydrogen) atoms. The Hall–Kier alpha value is -0.820. The molecule has 0 aliphatic heterocycles. The van der Waals surface area contributed by atoms with Gasteiger partial charge < -0.3 is 5.11 Å². The SMILES string of the molecule is CCCCCCCCc1ccc(CCCCO)cc1. The summed E-state index contributed by atoms with van der Waals surface area (Å²) in [6, 6.07) is 9.06. The van der Waals surface area contributed by atoms with E-state index in [-0.39, 0.29) is 0 Å². The predicted octanol–water partition coefficient (Wildman–Crippen LogP) is 4.90. The third kappa shape index (κ3) is 8.05. The first-order valence-corrected chi connectivity index (χ1v) is 8.05. The van der Waals surface area contributed by atoms with Gasteiger partial charge in [0, 0.05) is 6.61 Å². The first-order valence-electron chi connectivity index (χ1n) is 8.05. The highest BCUT2D eigenvalue weighted by atomic mass is 16.2. The predicted molar refractivity (Wildman–Crippen MR) is 83.5 cm³/mol.